The molecule has 13 heavy (non-hydrogen) atoms. The molecule has 0 atom stereocenters. The van der Waals surface area contributed by atoms with Crippen molar-refractivity contribution in [3.05, 3.63) is 16.0 Å². The van der Waals surface area contributed by atoms with E-state index < -0.39 is 0 Å². The molecule has 0 saturated heterocycles. The van der Waals surface area contributed by atoms with Gasteiger partial charge >= 0.3 is 0 Å². The lowest BCUT2D eigenvalue weighted by molar-refractivity contribution is 0.696. The van der Waals surface area contributed by atoms with Crippen molar-refractivity contribution in [2.75, 3.05) is 5.73 Å². The normalized spacial score (nSPS) is 15.5. The molecule has 2 rings (SSSR count). The molecule has 0 radical (unpaired) electrons. The zero-order chi connectivity index (χ0) is 9.42. The summed E-state index contributed by atoms with van der Waals surface area (Å²) < 4.78 is 0. The van der Waals surface area contributed by atoms with E-state index in [1.807, 2.05) is 6.92 Å². The van der Waals surface area contributed by atoms with Crippen molar-refractivity contribution in [2.45, 2.75) is 32.6 Å². The molecule has 2 nitrogen and oxygen atoms in total. The number of fused-ring (bicyclic) bond motifs is 1. The molecule has 1 heterocycles. The number of rotatable bonds is 1. The van der Waals surface area contributed by atoms with E-state index in [2.05, 4.69) is 0 Å². The molecule has 70 valence electrons. The summed E-state index contributed by atoms with van der Waals surface area (Å²) in [5, 5.41) is 8.51. The largest absolute Gasteiger partial charge is 0.390 e. The van der Waals surface area contributed by atoms with Crippen LogP contribution in [-0.2, 0) is 12.8 Å². The summed E-state index contributed by atoms with van der Waals surface area (Å²) in [6, 6.07) is 0. The Hall–Kier alpha value is -0.830. The summed E-state index contributed by atoms with van der Waals surface area (Å²) >= 11 is 1.68. The van der Waals surface area contributed by atoms with E-state index in [1.54, 1.807) is 11.3 Å². The van der Waals surface area contributed by atoms with Gasteiger partial charge in [0.05, 0.1) is 5.00 Å². The third-order valence-corrected chi connectivity index (χ3v) is 3.69. The van der Waals surface area contributed by atoms with Gasteiger partial charge in [-0.2, -0.15) is 0 Å². The van der Waals surface area contributed by atoms with E-state index in [0.717, 1.165) is 23.4 Å². The van der Waals surface area contributed by atoms with Crippen molar-refractivity contribution in [1.82, 2.24) is 0 Å². The number of nitrogen functional groups attached to an aromatic ring is 1. The van der Waals surface area contributed by atoms with Crippen molar-refractivity contribution in [3.63, 3.8) is 0 Å². The Morgan fingerprint density at radius 2 is 2.08 bits per heavy atom. The number of nitrogens with one attached hydrogen (secondary N) is 1. The van der Waals surface area contributed by atoms with Crippen LogP contribution in [0.3, 0.4) is 0 Å². The molecule has 1 aliphatic carbocycles. The van der Waals surface area contributed by atoms with Crippen molar-refractivity contribution >= 4 is 22.0 Å². The average Bonchev–Trinajstić information content (AvgIpc) is 2.39. The second kappa shape index (κ2) is 3.14. The van der Waals surface area contributed by atoms with E-state index in [1.165, 1.54) is 23.3 Å². The Morgan fingerprint density at radius 1 is 1.38 bits per heavy atom. The molecule has 1 aromatic heterocycles. The van der Waals surface area contributed by atoms with Crippen LogP contribution in [0.4, 0.5) is 5.00 Å². The first-order valence-electron chi connectivity index (χ1n) is 4.65. The Bertz CT molecular complexity index is 352. The monoisotopic (exact) mass is 194 g/mol. The first kappa shape index (κ1) is 8.75. The van der Waals surface area contributed by atoms with Gasteiger partial charge in [-0.05, 0) is 38.2 Å². The second-order valence-electron chi connectivity index (χ2n) is 3.58. The van der Waals surface area contributed by atoms with Crippen molar-refractivity contribution in [1.29, 1.82) is 5.41 Å². The van der Waals surface area contributed by atoms with Crippen LogP contribution in [-0.4, -0.2) is 5.71 Å². The molecule has 3 N–H and O–H groups in total. The summed E-state index contributed by atoms with van der Waals surface area (Å²) in [7, 11) is 0. The van der Waals surface area contributed by atoms with Crippen LogP contribution in [0.2, 0.25) is 0 Å². The highest BCUT2D eigenvalue weighted by Gasteiger charge is 2.19. The number of anilines is 1. The minimum Gasteiger partial charge on any atom is -0.390 e. The molecule has 0 aromatic carbocycles. The average molecular weight is 194 g/mol. The van der Waals surface area contributed by atoms with Crippen molar-refractivity contribution in [2.24, 2.45) is 0 Å². The second-order valence-corrected chi connectivity index (χ2v) is 4.71. The number of thiophene rings is 1. The Balaban J connectivity index is 2.54. The van der Waals surface area contributed by atoms with Gasteiger partial charge in [-0.25, -0.2) is 0 Å². The molecule has 1 aromatic rings. The first-order chi connectivity index (χ1) is 6.20. The van der Waals surface area contributed by atoms with E-state index in [4.69, 9.17) is 11.1 Å². The minimum atomic E-state index is 0.622. The summed E-state index contributed by atoms with van der Waals surface area (Å²) in [5.41, 5.74) is 8.91. The third kappa shape index (κ3) is 1.37. The van der Waals surface area contributed by atoms with E-state index >= 15 is 0 Å². The fraction of sp³-hybridized carbons (Fsp3) is 0.500. The summed E-state index contributed by atoms with van der Waals surface area (Å²) in [4.78, 5) is 1.42. The lowest BCUT2D eigenvalue weighted by Crippen LogP contribution is -2.04. The molecule has 3 heteroatoms. The lowest BCUT2D eigenvalue weighted by atomic mass is 9.94. The van der Waals surface area contributed by atoms with Crippen LogP contribution in [0.15, 0.2) is 0 Å². The Kier molecular flexibility index (Phi) is 2.12. The van der Waals surface area contributed by atoms with Crippen LogP contribution in [0.1, 0.15) is 35.8 Å². The Morgan fingerprint density at radius 3 is 2.77 bits per heavy atom. The van der Waals surface area contributed by atoms with Crippen LogP contribution in [0, 0.1) is 5.41 Å². The smallest absolute Gasteiger partial charge is 0.0953 e. The molecule has 0 saturated carbocycles. The van der Waals surface area contributed by atoms with Gasteiger partial charge in [-0.15, -0.1) is 11.3 Å². The highest BCUT2D eigenvalue weighted by molar-refractivity contribution is 7.16. The maximum absolute atomic E-state index is 7.66. The molecule has 0 aliphatic heterocycles. The zero-order valence-electron chi connectivity index (χ0n) is 7.81. The molecule has 0 spiro atoms. The van der Waals surface area contributed by atoms with Gasteiger partial charge in [-0.3, -0.25) is 0 Å². The van der Waals surface area contributed by atoms with Gasteiger partial charge in [0, 0.05) is 16.2 Å². The van der Waals surface area contributed by atoms with Crippen LogP contribution < -0.4 is 5.73 Å². The van der Waals surface area contributed by atoms with Gasteiger partial charge in [0.2, 0.25) is 0 Å². The predicted octanol–water partition coefficient (Wildman–Crippen LogP) is 2.60. The standard InChI is InChI=1S/C10H14N2S/c1-6(11)9-7-4-2-3-5-8(7)13-10(9)12/h11H,2-5,12H2,1H3. The molecule has 0 unspecified atom stereocenters. The number of hydrogen-bond acceptors (Lipinski definition) is 3. The highest BCUT2D eigenvalue weighted by Crippen LogP contribution is 2.36. The van der Waals surface area contributed by atoms with Gasteiger partial charge in [0.1, 0.15) is 0 Å². The van der Waals surface area contributed by atoms with Crippen molar-refractivity contribution in [3.8, 4) is 0 Å². The maximum atomic E-state index is 7.66. The van der Waals surface area contributed by atoms with E-state index in [-0.39, 0.29) is 0 Å². The molecule has 1 aliphatic rings. The molecule has 0 bridgehead atoms. The first-order valence-corrected chi connectivity index (χ1v) is 5.47. The molecular weight excluding hydrogens is 180 g/mol. The topological polar surface area (TPSA) is 49.9 Å². The number of nitrogens with two attached hydrogens (primary N) is 1. The fourth-order valence-corrected chi connectivity index (χ4v) is 3.22. The quantitative estimate of drug-likeness (QED) is 0.663. The van der Waals surface area contributed by atoms with Crippen LogP contribution in [0.5, 0.6) is 0 Å². The van der Waals surface area contributed by atoms with Gasteiger partial charge < -0.3 is 11.1 Å². The van der Waals surface area contributed by atoms with Gasteiger partial charge in [0.25, 0.3) is 0 Å². The van der Waals surface area contributed by atoms with E-state index in [0.29, 0.717) is 5.71 Å². The molecule has 0 amide bonds. The van der Waals surface area contributed by atoms with Crippen LogP contribution in [0.25, 0.3) is 0 Å². The highest BCUT2D eigenvalue weighted by atomic mass is 32.1. The van der Waals surface area contributed by atoms with Crippen molar-refractivity contribution < 1.29 is 0 Å². The summed E-state index contributed by atoms with van der Waals surface area (Å²) in [5.74, 6) is 0. The fourth-order valence-electron chi connectivity index (χ4n) is 2.00. The number of hydrogen-bond donors (Lipinski definition) is 2. The van der Waals surface area contributed by atoms with Gasteiger partial charge in [0.15, 0.2) is 0 Å². The minimum absolute atomic E-state index is 0.622. The molecule has 0 fully saturated rings. The van der Waals surface area contributed by atoms with Gasteiger partial charge in [-0.1, -0.05) is 0 Å². The van der Waals surface area contributed by atoms with Crippen LogP contribution >= 0.6 is 11.3 Å². The molecular formula is C10H14N2S. The third-order valence-electron chi connectivity index (χ3n) is 2.57. The lowest BCUT2D eigenvalue weighted by Gasteiger charge is -2.11. The maximum Gasteiger partial charge on any atom is 0.0953 e. The predicted molar refractivity (Wildman–Crippen MR) is 57.9 cm³/mol. The van der Waals surface area contributed by atoms with E-state index in [9.17, 15) is 0 Å². The summed E-state index contributed by atoms with van der Waals surface area (Å²) in [6.07, 6.45) is 4.82. The zero-order valence-corrected chi connectivity index (χ0v) is 8.63. The Labute approximate surface area is 82.3 Å². The SMILES string of the molecule is CC(=N)c1c(N)sc2c1CCCC2. The number of aryl methyl sites for hydroxylation is 1. The summed E-state index contributed by atoms with van der Waals surface area (Å²) in [6.45, 7) is 1.83.